The summed E-state index contributed by atoms with van der Waals surface area (Å²) in [7, 11) is 0. The van der Waals surface area contributed by atoms with Crippen molar-refractivity contribution < 1.29 is 4.79 Å². The second kappa shape index (κ2) is 9.94. The molecule has 6 heteroatoms. The molecule has 6 nitrogen and oxygen atoms in total. The predicted octanol–water partition coefficient (Wildman–Crippen LogP) is 5.14. The van der Waals surface area contributed by atoms with Gasteiger partial charge in [0.1, 0.15) is 6.54 Å². The summed E-state index contributed by atoms with van der Waals surface area (Å²) in [5.74, 6) is -0.350. The number of nitrogens with two attached hydrogens (primary N) is 1. The molecule has 4 aromatic rings. The maximum absolute atomic E-state index is 11.7. The number of rotatable bonds is 9. The zero-order valence-corrected chi connectivity index (χ0v) is 19.9. The number of nitrogens with zero attached hydrogens (tertiary/aromatic N) is 4. The third kappa shape index (κ3) is 4.42. The number of hydrogen-bond acceptors (Lipinski definition) is 4. The van der Waals surface area contributed by atoms with Gasteiger partial charge in [-0.2, -0.15) is 0 Å². The first-order valence-electron chi connectivity index (χ1n) is 12.5. The number of aryl methyl sites for hydroxylation is 1. The van der Waals surface area contributed by atoms with Crippen molar-refractivity contribution in [1.29, 1.82) is 0 Å². The molecular weight excluding hydrogens is 422 g/mol. The van der Waals surface area contributed by atoms with Gasteiger partial charge in [-0.25, -0.2) is 0 Å². The molecule has 1 atom stereocenters. The van der Waals surface area contributed by atoms with E-state index in [1.165, 1.54) is 36.9 Å². The summed E-state index contributed by atoms with van der Waals surface area (Å²) in [5, 5.41) is 2.25. The normalized spacial score (nSPS) is 15.8. The highest BCUT2D eigenvalue weighted by molar-refractivity contribution is 6.08. The number of primary amides is 1. The number of pyridine rings is 2. The van der Waals surface area contributed by atoms with Crippen LogP contribution in [-0.4, -0.2) is 31.9 Å². The van der Waals surface area contributed by atoms with E-state index in [1.54, 1.807) is 0 Å². The molecule has 0 radical (unpaired) electrons. The van der Waals surface area contributed by atoms with Crippen LogP contribution in [0.2, 0.25) is 0 Å². The Morgan fingerprint density at radius 1 is 1.12 bits per heavy atom. The number of unbranched alkanes of at least 4 members (excludes halogenated alkanes) is 2. The monoisotopic (exact) mass is 455 g/mol. The fourth-order valence-electron chi connectivity index (χ4n) is 5.46. The first-order valence-corrected chi connectivity index (χ1v) is 12.5. The van der Waals surface area contributed by atoms with Crippen molar-refractivity contribution in [3.63, 3.8) is 0 Å². The van der Waals surface area contributed by atoms with E-state index in [2.05, 4.69) is 36.1 Å². The summed E-state index contributed by atoms with van der Waals surface area (Å²) in [6, 6.07) is 15.0. The van der Waals surface area contributed by atoms with E-state index in [-0.39, 0.29) is 12.5 Å². The second-order valence-electron chi connectivity index (χ2n) is 9.40. The molecule has 0 aliphatic heterocycles. The van der Waals surface area contributed by atoms with Gasteiger partial charge in [0.25, 0.3) is 0 Å². The Morgan fingerprint density at radius 3 is 2.85 bits per heavy atom. The van der Waals surface area contributed by atoms with Gasteiger partial charge in [0.05, 0.1) is 29.1 Å². The van der Waals surface area contributed by atoms with Crippen LogP contribution in [0.1, 0.15) is 62.0 Å². The lowest BCUT2D eigenvalue weighted by Gasteiger charge is -2.35. The Labute approximate surface area is 200 Å². The number of amides is 1. The summed E-state index contributed by atoms with van der Waals surface area (Å²) in [6.45, 7) is 4.23. The van der Waals surface area contributed by atoms with E-state index >= 15 is 0 Å². The Hall–Kier alpha value is -3.25. The van der Waals surface area contributed by atoms with Gasteiger partial charge in [-0.1, -0.05) is 44.0 Å². The number of benzene rings is 1. The van der Waals surface area contributed by atoms with Gasteiger partial charge in [-0.3, -0.25) is 19.7 Å². The zero-order valence-electron chi connectivity index (χ0n) is 19.9. The lowest BCUT2D eigenvalue weighted by molar-refractivity contribution is -0.118. The van der Waals surface area contributed by atoms with E-state index in [1.807, 2.05) is 35.2 Å². The quantitative estimate of drug-likeness (QED) is 0.355. The molecule has 1 aliphatic carbocycles. The number of carbonyl (C=O) groups excluding carboxylic acids is 1. The molecule has 1 aliphatic rings. The minimum Gasteiger partial charge on any atom is -0.368 e. The lowest BCUT2D eigenvalue weighted by Crippen LogP contribution is -2.33. The van der Waals surface area contributed by atoms with E-state index < -0.39 is 0 Å². The Bertz CT molecular complexity index is 1310. The van der Waals surface area contributed by atoms with E-state index in [0.29, 0.717) is 6.04 Å². The minimum absolute atomic E-state index is 0.151. The third-order valence-electron chi connectivity index (χ3n) is 7.05. The lowest BCUT2D eigenvalue weighted by atomic mass is 9.90. The van der Waals surface area contributed by atoms with E-state index in [4.69, 9.17) is 15.7 Å². The van der Waals surface area contributed by atoms with Crippen LogP contribution in [0.4, 0.5) is 0 Å². The standard InChI is InChI=1S/C28H33N5O/c1-2-3-6-15-32(25-13-7-9-20-10-8-14-30-28(20)25)18-21-16-23-22-11-4-5-12-24(22)33(19-27(29)34)26(23)17-31-21/h4-5,8,10-12,14,16-17,25H,2-3,6-7,9,13,15,18-19H2,1H3,(H2,29,34)/t25-/m0/s1. The van der Waals surface area contributed by atoms with Crippen molar-refractivity contribution in [2.75, 3.05) is 6.54 Å². The maximum Gasteiger partial charge on any atom is 0.237 e. The average Bonchev–Trinajstić information content (AvgIpc) is 3.16. The molecule has 0 fully saturated rings. The van der Waals surface area contributed by atoms with Crippen LogP contribution < -0.4 is 5.73 Å². The molecule has 3 aromatic heterocycles. The Morgan fingerprint density at radius 2 is 2.00 bits per heavy atom. The Kier molecular flexibility index (Phi) is 6.59. The van der Waals surface area contributed by atoms with Gasteiger partial charge in [0.15, 0.2) is 0 Å². The van der Waals surface area contributed by atoms with Gasteiger partial charge < -0.3 is 10.3 Å². The van der Waals surface area contributed by atoms with Crippen LogP contribution in [0.3, 0.4) is 0 Å². The highest BCUT2D eigenvalue weighted by Gasteiger charge is 2.27. The molecule has 2 N–H and O–H groups in total. The highest BCUT2D eigenvalue weighted by atomic mass is 16.1. The van der Waals surface area contributed by atoms with Gasteiger partial charge in [0.2, 0.25) is 5.91 Å². The summed E-state index contributed by atoms with van der Waals surface area (Å²) in [6.07, 6.45) is 10.9. The zero-order chi connectivity index (χ0) is 23.5. The fourth-order valence-corrected chi connectivity index (χ4v) is 5.46. The second-order valence-corrected chi connectivity index (χ2v) is 9.40. The summed E-state index contributed by atoms with van der Waals surface area (Å²) < 4.78 is 1.98. The number of para-hydroxylation sites is 1. The van der Waals surface area contributed by atoms with Crippen LogP contribution >= 0.6 is 0 Å². The first kappa shape index (κ1) is 22.5. The van der Waals surface area contributed by atoms with Gasteiger partial charge in [-0.15, -0.1) is 0 Å². The molecule has 3 heterocycles. The predicted molar refractivity (Wildman–Crippen MR) is 136 cm³/mol. The molecule has 0 saturated heterocycles. The number of aromatic nitrogens is 3. The highest BCUT2D eigenvalue weighted by Crippen LogP contribution is 2.35. The van der Waals surface area contributed by atoms with Crippen molar-refractivity contribution in [2.45, 2.75) is 64.6 Å². The maximum atomic E-state index is 11.7. The number of hydrogen-bond donors (Lipinski definition) is 1. The summed E-state index contributed by atoms with van der Waals surface area (Å²) >= 11 is 0. The van der Waals surface area contributed by atoms with Gasteiger partial charge in [0, 0.05) is 29.0 Å². The molecule has 0 unspecified atom stereocenters. The first-order chi connectivity index (χ1) is 16.7. The molecule has 176 valence electrons. The largest absolute Gasteiger partial charge is 0.368 e. The number of fused-ring (bicyclic) bond motifs is 4. The van der Waals surface area contributed by atoms with Gasteiger partial charge in [-0.05, 0) is 56.0 Å². The molecule has 0 bridgehead atoms. The van der Waals surface area contributed by atoms with E-state index in [0.717, 1.165) is 53.4 Å². The van der Waals surface area contributed by atoms with Gasteiger partial charge >= 0.3 is 0 Å². The topological polar surface area (TPSA) is 77.0 Å². The molecular formula is C28H33N5O. The van der Waals surface area contributed by atoms with Crippen LogP contribution in [0.15, 0.2) is 54.9 Å². The minimum atomic E-state index is -0.350. The molecule has 1 aromatic carbocycles. The van der Waals surface area contributed by atoms with Crippen LogP contribution in [-0.2, 0) is 24.3 Å². The fraction of sp³-hybridized carbons (Fsp3) is 0.393. The molecule has 0 saturated carbocycles. The summed E-state index contributed by atoms with van der Waals surface area (Å²) in [4.78, 5) is 24.0. The molecule has 5 rings (SSSR count). The average molecular weight is 456 g/mol. The molecule has 34 heavy (non-hydrogen) atoms. The summed E-state index contributed by atoms with van der Waals surface area (Å²) in [5.41, 5.74) is 11.2. The van der Waals surface area contributed by atoms with Crippen molar-refractivity contribution in [3.05, 3.63) is 71.8 Å². The third-order valence-corrected chi connectivity index (χ3v) is 7.05. The van der Waals surface area contributed by atoms with Crippen molar-refractivity contribution in [2.24, 2.45) is 5.73 Å². The van der Waals surface area contributed by atoms with Crippen LogP contribution in [0.5, 0.6) is 0 Å². The van der Waals surface area contributed by atoms with Crippen LogP contribution in [0.25, 0.3) is 21.8 Å². The smallest absolute Gasteiger partial charge is 0.237 e. The number of carbonyl (C=O) groups is 1. The molecule has 1 amide bonds. The van der Waals surface area contributed by atoms with Crippen molar-refractivity contribution in [1.82, 2.24) is 19.4 Å². The van der Waals surface area contributed by atoms with Crippen molar-refractivity contribution in [3.8, 4) is 0 Å². The SMILES string of the molecule is CCCCCN(Cc1cc2c3ccccc3n(CC(N)=O)c2cn1)[C@H]1CCCc2cccnc21. The van der Waals surface area contributed by atoms with Crippen molar-refractivity contribution >= 4 is 27.7 Å². The molecule has 0 spiro atoms. The van der Waals surface area contributed by atoms with Crippen LogP contribution in [0, 0.1) is 0 Å². The van der Waals surface area contributed by atoms with E-state index in [9.17, 15) is 4.79 Å². The Balaban J connectivity index is 1.51.